The maximum Gasteiger partial charge on any atom is 0.227 e. The van der Waals surface area contributed by atoms with E-state index in [1.54, 1.807) is 19.5 Å². The first-order valence-corrected chi connectivity index (χ1v) is 9.50. The first-order chi connectivity index (χ1) is 13.1. The highest BCUT2D eigenvalue weighted by Crippen LogP contribution is 2.35. The van der Waals surface area contributed by atoms with E-state index in [2.05, 4.69) is 34.6 Å². The Morgan fingerprint density at radius 2 is 1.78 bits per heavy atom. The molecule has 0 aliphatic carbocycles. The van der Waals surface area contributed by atoms with Crippen molar-refractivity contribution in [2.24, 2.45) is 5.41 Å². The van der Waals surface area contributed by atoms with E-state index in [0.29, 0.717) is 19.8 Å². The van der Waals surface area contributed by atoms with Crippen LogP contribution in [0.2, 0.25) is 0 Å². The molecule has 0 bridgehead atoms. The molecule has 0 unspecified atom stereocenters. The monoisotopic (exact) mass is 368 g/mol. The zero-order valence-electron chi connectivity index (χ0n) is 16.1. The number of pyridine rings is 1. The zero-order valence-corrected chi connectivity index (χ0v) is 16.1. The number of hydrogen-bond acceptors (Lipinski definition) is 4. The van der Waals surface area contributed by atoms with Gasteiger partial charge in [-0.25, -0.2) is 0 Å². The van der Waals surface area contributed by atoms with Crippen molar-refractivity contribution in [3.05, 3.63) is 54.4 Å². The number of rotatable bonds is 7. The minimum Gasteiger partial charge on any atom is -0.383 e. The quantitative estimate of drug-likeness (QED) is 0.815. The molecular weight excluding hydrogens is 340 g/mol. The number of nitrogens with one attached hydrogen (secondary N) is 1. The van der Waals surface area contributed by atoms with Crippen molar-refractivity contribution in [2.45, 2.75) is 32.2 Å². The zero-order chi connectivity index (χ0) is 19.1. The van der Waals surface area contributed by atoms with E-state index in [1.165, 1.54) is 5.56 Å². The van der Waals surface area contributed by atoms with Crippen molar-refractivity contribution < 1.29 is 14.3 Å². The van der Waals surface area contributed by atoms with Crippen LogP contribution in [0.4, 0.5) is 0 Å². The average Bonchev–Trinajstić information content (AvgIpc) is 2.70. The lowest BCUT2D eigenvalue weighted by Gasteiger charge is -2.36. The highest BCUT2D eigenvalue weighted by Gasteiger charge is 2.40. The second kappa shape index (κ2) is 9.11. The van der Waals surface area contributed by atoms with Gasteiger partial charge in [0.25, 0.3) is 0 Å². The Bertz CT molecular complexity index is 725. The van der Waals surface area contributed by atoms with E-state index in [4.69, 9.17) is 9.47 Å². The Balaban J connectivity index is 1.75. The molecule has 1 N–H and O–H groups in total. The molecule has 2 heterocycles. The summed E-state index contributed by atoms with van der Waals surface area (Å²) < 4.78 is 10.7. The molecule has 1 atom stereocenters. The fourth-order valence-electron chi connectivity index (χ4n) is 3.66. The van der Waals surface area contributed by atoms with E-state index in [-0.39, 0.29) is 11.9 Å². The lowest BCUT2D eigenvalue weighted by Crippen LogP contribution is -2.49. The van der Waals surface area contributed by atoms with E-state index in [0.717, 1.165) is 30.4 Å². The van der Waals surface area contributed by atoms with Gasteiger partial charge in [0.05, 0.1) is 12.0 Å². The number of amides is 1. The van der Waals surface area contributed by atoms with Crippen molar-refractivity contribution in [3.8, 4) is 11.1 Å². The fraction of sp³-hybridized carbons (Fsp3) is 0.455. The average molecular weight is 368 g/mol. The van der Waals surface area contributed by atoms with Gasteiger partial charge in [0, 0.05) is 38.8 Å². The number of hydrogen-bond donors (Lipinski definition) is 1. The van der Waals surface area contributed by atoms with Gasteiger partial charge >= 0.3 is 0 Å². The van der Waals surface area contributed by atoms with Crippen LogP contribution in [0.15, 0.2) is 48.8 Å². The summed E-state index contributed by atoms with van der Waals surface area (Å²) in [5.41, 5.74) is 3.05. The van der Waals surface area contributed by atoms with Crippen LogP contribution in [0, 0.1) is 5.41 Å². The van der Waals surface area contributed by atoms with Crippen LogP contribution in [-0.4, -0.2) is 43.9 Å². The van der Waals surface area contributed by atoms with Gasteiger partial charge in [-0.3, -0.25) is 9.78 Å². The molecule has 27 heavy (non-hydrogen) atoms. The first-order valence-electron chi connectivity index (χ1n) is 9.50. The third-order valence-corrected chi connectivity index (χ3v) is 5.24. The standard InChI is InChI=1S/C22H28N2O3/c1-17(16-26-2)24-21(25)22(9-13-27-14-10-22)15-18-3-5-19(6-4-18)20-7-11-23-12-8-20/h3-8,11-12,17H,9-10,13-16H2,1-2H3,(H,24,25)/t17-/m1/s1. The highest BCUT2D eigenvalue weighted by atomic mass is 16.5. The molecule has 1 aliphatic rings. The minimum absolute atomic E-state index is 0.00344. The van der Waals surface area contributed by atoms with Crippen LogP contribution in [-0.2, 0) is 20.7 Å². The number of methoxy groups -OCH3 is 1. The number of ether oxygens (including phenoxy) is 2. The number of nitrogens with zero attached hydrogens (tertiary/aromatic N) is 1. The number of carbonyl (C=O) groups is 1. The molecule has 1 aromatic heterocycles. The van der Waals surface area contributed by atoms with Crippen LogP contribution < -0.4 is 5.32 Å². The predicted molar refractivity (Wildman–Crippen MR) is 105 cm³/mol. The van der Waals surface area contributed by atoms with Crippen molar-refractivity contribution >= 4 is 5.91 Å². The Hall–Kier alpha value is -2.24. The first kappa shape index (κ1) is 19.5. The normalized spacial score (nSPS) is 17.3. The molecule has 5 nitrogen and oxygen atoms in total. The fourth-order valence-corrected chi connectivity index (χ4v) is 3.66. The molecule has 0 spiro atoms. The molecular formula is C22H28N2O3. The SMILES string of the molecule is COC[C@@H](C)NC(=O)C1(Cc2ccc(-c3ccncc3)cc2)CCOCC1. The Morgan fingerprint density at radius 1 is 1.15 bits per heavy atom. The van der Waals surface area contributed by atoms with Crippen LogP contribution in [0.25, 0.3) is 11.1 Å². The Morgan fingerprint density at radius 3 is 2.41 bits per heavy atom. The summed E-state index contributed by atoms with van der Waals surface area (Å²) in [6, 6.07) is 12.5. The number of carbonyl (C=O) groups excluding carboxylic acids is 1. The summed E-state index contributed by atoms with van der Waals surface area (Å²) >= 11 is 0. The maximum atomic E-state index is 13.1. The molecule has 144 valence electrons. The van der Waals surface area contributed by atoms with Gasteiger partial charge in [-0.1, -0.05) is 24.3 Å². The summed E-state index contributed by atoms with van der Waals surface area (Å²) in [6.45, 7) is 3.74. The molecule has 0 radical (unpaired) electrons. The van der Waals surface area contributed by atoms with Gasteiger partial charge in [-0.2, -0.15) is 0 Å². The molecule has 1 fully saturated rings. The van der Waals surface area contributed by atoms with Gasteiger partial charge in [0.15, 0.2) is 0 Å². The summed E-state index contributed by atoms with van der Waals surface area (Å²) in [5, 5.41) is 3.12. The van der Waals surface area contributed by atoms with Gasteiger partial charge in [0.1, 0.15) is 0 Å². The predicted octanol–water partition coefficient (Wildman–Crippen LogP) is 3.24. The van der Waals surface area contributed by atoms with Crippen molar-refractivity contribution in [1.82, 2.24) is 10.3 Å². The summed E-state index contributed by atoms with van der Waals surface area (Å²) in [7, 11) is 1.65. The second-order valence-electron chi connectivity index (χ2n) is 7.33. The van der Waals surface area contributed by atoms with Crippen molar-refractivity contribution in [2.75, 3.05) is 26.9 Å². The number of aromatic nitrogens is 1. The molecule has 1 amide bonds. The van der Waals surface area contributed by atoms with E-state index in [9.17, 15) is 4.79 Å². The third-order valence-electron chi connectivity index (χ3n) is 5.24. The van der Waals surface area contributed by atoms with Gasteiger partial charge < -0.3 is 14.8 Å². The second-order valence-corrected chi connectivity index (χ2v) is 7.33. The molecule has 1 aromatic carbocycles. The Kier molecular flexibility index (Phi) is 6.58. The van der Waals surface area contributed by atoms with Crippen LogP contribution in [0.3, 0.4) is 0 Å². The number of benzene rings is 1. The van der Waals surface area contributed by atoms with Gasteiger partial charge in [0.2, 0.25) is 5.91 Å². The summed E-state index contributed by atoms with van der Waals surface area (Å²) in [4.78, 5) is 17.1. The van der Waals surface area contributed by atoms with Crippen LogP contribution >= 0.6 is 0 Å². The van der Waals surface area contributed by atoms with Crippen molar-refractivity contribution in [1.29, 1.82) is 0 Å². The Labute approximate surface area is 161 Å². The van der Waals surface area contributed by atoms with Crippen molar-refractivity contribution in [3.63, 3.8) is 0 Å². The summed E-state index contributed by atoms with van der Waals surface area (Å²) in [5.74, 6) is 0.105. The molecule has 5 heteroatoms. The van der Waals surface area contributed by atoms with Gasteiger partial charge in [-0.15, -0.1) is 0 Å². The third kappa shape index (κ3) is 4.93. The van der Waals surface area contributed by atoms with Gasteiger partial charge in [-0.05, 0) is 55.0 Å². The molecule has 1 saturated heterocycles. The summed E-state index contributed by atoms with van der Waals surface area (Å²) in [6.07, 6.45) is 5.80. The molecule has 2 aromatic rings. The smallest absolute Gasteiger partial charge is 0.227 e. The lowest BCUT2D eigenvalue weighted by atomic mass is 9.74. The van der Waals surface area contributed by atoms with Crippen LogP contribution in [0.1, 0.15) is 25.3 Å². The lowest BCUT2D eigenvalue weighted by molar-refractivity contribution is -0.137. The highest BCUT2D eigenvalue weighted by molar-refractivity contribution is 5.83. The largest absolute Gasteiger partial charge is 0.383 e. The minimum atomic E-state index is -0.418. The molecule has 1 aliphatic heterocycles. The maximum absolute atomic E-state index is 13.1. The topological polar surface area (TPSA) is 60.5 Å². The van der Waals surface area contributed by atoms with E-state index in [1.807, 2.05) is 19.1 Å². The van der Waals surface area contributed by atoms with E-state index < -0.39 is 5.41 Å². The van der Waals surface area contributed by atoms with E-state index >= 15 is 0 Å². The molecule has 3 rings (SSSR count). The molecule has 0 saturated carbocycles. The van der Waals surface area contributed by atoms with Crippen LogP contribution in [0.5, 0.6) is 0 Å².